The molecule has 0 heterocycles. The second kappa shape index (κ2) is 6.87. The average Bonchev–Trinajstić information content (AvgIpc) is 2.46. The molecule has 0 bridgehead atoms. The van der Waals surface area contributed by atoms with Crippen LogP contribution >= 0.6 is 15.9 Å². The van der Waals surface area contributed by atoms with Crippen LogP contribution in [-0.4, -0.2) is 5.91 Å². The normalized spacial score (nSPS) is 10.8. The maximum atomic E-state index is 12.1. The van der Waals surface area contributed by atoms with Gasteiger partial charge >= 0.3 is 0 Å². The molecular formula is C17H13BrN2O. The van der Waals surface area contributed by atoms with E-state index in [9.17, 15) is 4.79 Å². The number of carbonyl (C=O) groups excluding carboxylic acids is 1. The van der Waals surface area contributed by atoms with Gasteiger partial charge in [0, 0.05) is 10.2 Å². The van der Waals surface area contributed by atoms with Gasteiger partial charge in [0.25, 0.3) is 5.91 Å². The zero-order chi connectivity index (χ0) is 15.2. The molecule has 21 heavy (non-hydrogen) atoms. The molecule has 0 saturated heterocycles. The summed E-state index contributed by atoms with van der Waals surface area (Å²) in [4.78, 5) is 12.1. The summed E-state index contributed by atoms with van der Waals surface area (Å²) in [5.41, 5.74) is 2.59. The number of rotatable bonds is 3. The second-order valence-electron chi connectivity index (χ2n) is 4.54. The number of carbonyl (C=O) groups is 1. The number of nitrogens with zero attached hydrogens (tertiary/aromatic N) is 1. The fourth-order valence-corrected chi connectivity index (χ4v) is 2.06. The van der Waals surface area contributed by atoms with Crippen molar-refractivity contribution < 1.29 is 4.79 Å². The molecule has 2 rings (SSSR count). The highest BCUT2D eigenvalue weighted by Gasteiger charge is 2.09. The first kappa shape index (κ1) is 15.0. The van der Waals surface area contributed by atoms with E-state index < -0.39 is 5.91 Å². The maximum Gasteiger partial charge on any atom is 0.266 e. The first-order valence-electron chi connectivity index (χ1n) is 6.34. The number of amides is 1. The number of nitriles is 1. The molecule has 0 aliphatic carbocycles. The van der Waals surface area contributed by atoms with E-state index in [0.717, 1.165) is 15.6 Å². The predicted molar refractivity (Wildman–Crippen MR) is 87.5 cm³/mol. The molecule has 2 aromatic rings. The Hall–Kier alpha value is -2.38. The number of hydrogen-bond acceptors (Lipinski definition) is 2. The third-order valence-electron chi connectivity index (χ3n) is 2.82. The van der Waals surface area contributed by atoms with Crippen LogP contribution in [0.25, 0.3) is 6.08 Å². The van der Waals surface area contributed by atoms with Crippen molar-refractivity contribution in [3.8, 4) is 6.07 Å². The van der Waals surface area contributed by atoms with Crippen LogP contribution < -0.4 is 5.32 Å². The van der Waals surface area contributed by atoms with E-state index in [1.54, 1.807) is 12.1 Å². The molecule has 0 fully saturated rings. The minimum atomic E-state index is -0.411. The van der Waals surface area contributed by atoms with Gasteiger partial charge in [0.2, 0.25) is 0 Å². The SMILES string of the molecule is Cc1cccc(NC(=O)/C(C#N)=C/c2ccc(Br)cc2)c1. The Kier molecular flexibility index (Phi) is 4.91. The van der Waals surface area contributed by atoms with Crippen LogP contribution in [0.2, 0.25) is 0 Å². The summed E-state index contributed by atoms with van der Waals surface area (Å²) in [6.45, 7) is 1.94. The third kappa shape index (κ3) is 4.30. The van der Waals surface area contributed by atoms with Gasteiger partial charge < -0.3 is 5.32 Å². The summed E-state index contributed by atoms with van der Waals surface area (Å²) in [7, 11) is 0. The van der Waals surface area contributed by atoms with Gasteiger partial charge in [0.1, 0.15) is 11.6 Å². The molecule has 104 valence electrons. The lowest BCUT2D eigenvalue weighted by Crippen LogP contribution is -2.13. The molecule has 1 amide bonds. The van der Waals surface area contributed by atoms with Crippen molar-refractivity contribution in [3.05, 3.63) is 69.7 Å². The summed E-state index contributed by atoms with van der Waals surface area (Å²) < 4.78 is 0.947. The van der Waals surface area contributed by atoms with Gasteiger partial charge in [-0.2, -0.15) is 5.26 Å². The fraction of sp³-hybridized carbons (Fsp3) is 0.0588. The number of benzene rings is 2. The van der Waals surface area contributed by atoms with Crippen molar-refractivity contribution in [2.45, 2.75) is 6.92 Å². The molecule has 1 N–H and O–H groups in total. The Morgan fingerprint density at radius 2 is 1.95 bits per heavy atom. The van der Waals surface area contributed by atoms with Gasteiger partial charge in [-0.15, -0.1) is 0 Å². The number of anilines is 1. The molecule has 0 aliphatic heterocycles. The van der Waals surface area contributed by atoms with Crippen LogP contribution in [0.4, 0.5) is 5.69 Å². The quantitative estimate of drug-likeness (QED) is 0.668. The Labute approximate surface area is 132 Å². The molecule has 0 radical (unpaired) electrons. The van der Waals surface area contributed by atoms with Gasteiger partial charge in [0.05, 0.1) is 0 Å². The number of hydrogen-bond donors (Lipinski definition) is 1. The summed E-state index contributed by atoms with van der Waals surface area (Å²) in [5, 5.41) is 11.9. The van der Waals surface area contributed by atoms with Crippen molar-refractivity contribution in [1.82, 2.24) is 0 Å². The largest absolute Gasteiger partial charge is 0.321 e. The lowest BCUT2D eigenvalue weighted by molar-refractivity contribution is -0.112. The minimum Gasteiger partial charge on any atom is -0.321 e. The van der Waals surface area contributed by atoms with Crippen LogP contribution in [0.5, 0.6) is 0 Å². The average molecular weight is 341 g/mol. The van der Waals surface area contributed by atoms with Crippen LogP contribution in [0.3, 0.4) is 0 Å². The van der Waals surface area contributed by atoms with Gasteiger partial charge in [-0.25, -0.2) is 0 Å². The van der Waals surface area contributed by atoms with Crippen molar-refractivity contribution in [2.75, 3.05) is 5.32 Å². The van der Waals surface area contributed by atoms with E-state index in [0.29, 0.717) is 5.69 Å². The summed E-state index contributed by atoms with van der Waals surface area (Å²) in [5.74, 6) is -0.411. The van der Waals surface area contributed by atoms with Crippen molar-refractivity contribution in [3.63, 3.8) is 0 Å². The lowest BCUT2D eigenvalue weighted by atomic mass is 10.1. The first-order chi connectivity index (χ1) is 10.1. The van der Waals surface area contributed by atoms with Crippen molar-refractivity contribution >= 4 is 33.6 Å². The van der Waals surface area contributed by atoms with E-state index in [1.165, 1.54) is 0 Å². The Morgan fingerprint density at radius 3 is 2.57 bits per heavy atom. The molecular weight excluding hydrogens is 328 g/mol. The van der Waals surface area contributed by atoms with Gasteiger partial charge in [-0.05, 0) is 48.4 Å². The predicted octanol–water partition coefficient (Wildman–Crippen LogP) is 4.30. The highest BCUT2D eigenvalue weighted by molar-refractivity contribution is 9.10. The second-order valence-corrected chi connectivity index (χ2v) is 5.46. The van der Waals surface area contributed by atoms with Gasteiger partial charge in [-0.3, -0.25) is 4.79 Å². The lowest BCUT2D eigenvalue weighted by Gasteiger charge is -2.05. The van der Waals surface area contributed by atoms with Crippen molar-refractivity contribution in [1.29, 1.82) is 5.26 Å². The molecule has 4 heteroatoms. The Balaban J connectivity index is 2.19. The molecule has 0 aromatic heterocycles. The number of nitrogens with one attached hydrogen (secondary N) is 1. The zero-order valence-corrected chi connectivity index (χ0v) is 13.0. The van der Waals surface area contributed by atoms with Crippen LogP contribution in [-0.2, 0) is 4.79 Å². The summed E-state index contributed by atoms with van der Waals surface area (Å²) in [6.07, 6.45) is 1.57. The van der Waals surface area contributed by atoms with E-state index in [2.05, 4.69) is 21.2 Å². The smallest absolute Gasteiger partial charge is 0.266 e. The van der Waals surface area contributed by atoms with Gasteiger partial charge in [-0.1, -0.05) is 40.2 Å². The molecule has 2 aromatic carbocycles. The monoisotopic (exact) mass is 340 g/mol. The van der Waals surface area contributed by atoms with E-state index in [-0.39, 0.29) is 5.57 Å². The number of halogens is 1. The van der Waals surface area contributed by atoms with Crippen molar-refractivity contribution in [2.24, 2.45) is 0 Å². The van der Waals surface area contributed by atoms with E-state index in [1.807, 2.05) is 55.5 Å². The van der Waals surface area contributed by atoms with E-state index >= 15 is 0 Å². The molecule has 0 saturated carbocycles. The minimum absolute atomic E-state index is 0.0684. The molecule has 0 atom stereocenters. The topological polar surface area (TPSA) is 52.9 Å². The fourth-order valence-electron chi connectivity index (χ4n) is 1.80. The first-order valence-corrected chi connectivity index (χ1v) is 7.13. The van der Waals surface area contributed by atoms with Crippen LogP contribution in [0, 0.1) is 18.3 Å². The van der Waals surface area contributed by atoms with E-state index in [4.69, 9.17) is 5.26 Å². The summed E-state index contributed by atoms with van der Waals surface area (Å²) >= 11 is 3.34. The Morgan fingerprint density at radius 1 is 1.24 bits per heavy atom. The zero-order valence-electron chi connectivity index (χ0n) is 11.4. The van der Waals surface area contributed by atoms with Crippen LogP contribution in [0.1, 0.15) is 11.1 Å². The standard InChI is InChI=1S/C17H13BrN2O/c1-12-3-2-4-16(9-12)20-17(21)14(11-19)10-13-5-7-15(18)8-6-13/h2-10H,1H3,(H,20,21)/b14-10+. The molecule has 3 nitrogen and oxygen atoms in total. The molecule has 0 spiro atoms. The molecule has 0 aliphatic rings. The molecule has 0 unspecified atom stereocenters. The van der Waals surface area contributed by atoms with Crippen LogP contribution in [0.15, 0.2) is 58.6 Å². The number of aryl methyl sites for hydroxylation is 1. The highest BCUT2D eigenvalue weighted by Crippen LogP contribution is 2.15. The van der Waals surface area contributed by atoms with Gasteiger partial charge in [0.15, 0.2) is 0 Å². The highest BCUT2D eigenvalue weighted by atomic mass is 79.9. The summed E-state index contributed by atoms with van der Waals surface area (Å²) in [6, 6.07) is 16.8. The Bertz CT molecular complexity index is 727. The maximum absolute atomic E-state index is 12.1. The third-order valence-corrected chi connectivity index (χ3v) is 3.35.